The maximum Gasteiger partial charge on any atom is 0.123 e. The van der Waals surface area contributed by atoms with Crippen LogP contribution in [0.2, 0.25) is 0 Å². The molecule has 0 amide bonds. The maximum atomic E-state index is 5.42. The summed E-state index contributed by atoms with van der Waals surface area (Å²) >= 11 is 1.81. The topological polar surface area (TPSA) is 34.2 Å². The van der Waals surface area contributed by atoms with E-state index in [9.17, 15) is 0 Å². The molecule has 0 fully saturated rings. The lowest BCUT2D eigenvalue weighted by atomic mass is 10.1. The van der Waals surface area contributed by atoms with Crippen LogP contribution in [0, 0.1) is 0 Å². The second-order valence-corrected chi connectivity index (χ2v) is 5.17. The number of ether oxygens (including phenoxy) is 1. The molecule has 0 saturated heterocycles. The van der Waals surface area contributed by atoms with Crippen molar-refractivity contribution >= 4 is 11.8 Å². The Morgan fingerprint density at radius 3 is 2.63 bits per heavy atom. The second kappa shape index (κ2) is 7.16. The van der Waals surface area contributed by atoms with E-state index in [0.717, 1.165) is 11.5 Å². The fraction of sp³-hybridized carbons (Fsp3) is 0.267. The predicted molar refractivity (Wildman–Crippen MR) is 79.8 cm³/mol. The summed E-state index contributed by atoms with van der Waals surface area (Å²) in [6.45, 7) is 0. The number of thioether (sulfide) groups is 1. The zero-order valence-electron chi connectivity index (χ0n) is 11.2. The van der Waals surface area contributed by atoms with Crippen LogP contribution in [0.4, 0.5) is 0 Å². The van der Waals surface area contributed by atoms with E-state index in [0.29, 0.717) is 0 Å². The highest BCUT2D eigenvalue weighted by molar-refractivity contribution is 7.99. The third kappa shape index (κ3) is 3.72. The van der Waals surface area contributed by atoms with Crippen molar-refractivity contribution in [3.05, 3.63) is 54.4 Å². The van der Waals surface area contributed by atoms with Gasteiger partial charge < -0.3 is 10.1 Å². The lowest BCUT2D eigenvalue weighted by molar-refractivity contribution is 0.404. The molecule has 2 aromatic rings. The molecule has 0 aliphatic carbocycles. The van der Waals surface area contributed by atoms with Crippen LogP contribution in [0.25, 0.3) is 0 Å². The van der Waals surface area contributed by atoms with Crippen molar-refractivity contribution < 1.29 is 4.74 Å². The van der Waals surface area contributed by atoms with Crippen molar-refractivity contribution in [3.63, 3.8) is 0 Å². The molecule has 0 bridgehead atoms. The van der Waals surface area contributed by atoms with Gasteiger partial charge in [-0.15, -0.1) is 11.8 Å². The first-order valence-corrected chi connectivity index (χ1v) is 7.16. The van der Waals surface area contributed by atoms with Crippen LogP contribution in [0.1, 0.15) is 11.6 Å². The minimum atomic E-state index is 0.259. The Bertz CT molecular complexity index is 505. The number of rotatable bonds is 6. The molecule has 0 spiro atoms. The van der Waals surface area contributed by atoms with Gasteiger partial charge in [-0.25, -0.2) is 0 Å². The Morgan fingerprint density at radius 1 is 1.21 bits per heavy atom. The van der Waals surface area contributed by atoms with Gasteiger partial charge in [0, 0.05) is 34.6 Å². The summed E-state index contributed by atoms with van der Waals surface area (Å²) in [5, 5.41) is 3.35. The van der Waals surface area contributed by atoms with Crippen LogP contribution < -0.4 is 10.1 Å². The molecule has 0 aliphatic heterocycles. The number of nitrogens with one attached hydrogen (secondary N) is 1. The van der Waals surface area contributed by atoms with Gasteiger partial charge in [0.25, 0.3) is 0 Å². The summed E-state index contributed by atoms with van der Waals surface area (Å²) in [5.41, 5.74) is 1.19. The van der Waals surface area contributed by atoms with Crippen LogP contribution in [0.5, 0.6) is 5.75 Å². The number of para-hydroxylation sites is 1. The average molecular weight is 274 g/mol. The van der Waals surface area contributed by atoms with Crippen LogP contribution in [-0.2, 0) is 0 Å². The van der Waals surface area contributed by atoms with Crippen LogP contribution in [0.3, 0.4) is 0 Å². The quantitative estimate of drug-likeness (QED) is 0.821. The molecule has 1 aromatic carbocycles. The molecular weight excluding hydrogens is 256 g/mol. The molecule has 1 unspecified atom stereocenters. The zero-order valence-corrected chi connectivity index (χ0v) is 12.0. The highest BCUT2D eigenvalue weighted by Crippen LogP contribution is 2.29. The standard InChI is InChI=1S/C15H18N2OS/c1-16-14(11-19-12-7-9-17-10-8-12)13-5-3-4-6-15(13)18-2/h3-10,14,16H,11H2,1-2H3. The molecule has 0 saturated carbocycles. The molecular formula is C15H18N2OS. The summed E-state index contributed by atoms with van der Waals surface area (Å²) < 4.78 is 5.42. The lowest BCUT2D eigenvalue weighted by Gasteiger charge is -2.19. The van der Waals surface area contributed by atoms with Crippen molar-refractivity contribution in [2.24, 2.45) is 0 Å². The monoisotopic (exact) mass is 274 g/mol. The first-order chi connectivity index (χ1) is 9.35. The predicted octanol–water partition coefficient (Wildman–Crippen LogP) is 3.14. The molecule has 1 aromatic heterocycles. The molecule has 4 heteroatoms. The second-order valence-electron chi connectivity index (χ2n) is 4.08. The third-order valence-corrected chi connectivity index (χ3v) is 4.03. The van der Waals surface area contributed by atoms with Crippen LogP contribution in [-0.4, -0.2) is 24.9 Å². The molecule has 0 radical (unpaired) electrons. The van der Waals surface area contributed by atoms with E-state index in [4.69, 9.17) is 4.74 Å². The van der Waals surface area contributed by atoms with Gasteiger partial charge in [0.15, 0.2) is 0 Å². The Morgan fingerprint density at radius 2 is 1.95 bits per heavy atom. The third-order valence-electron chi connectivity index (χ3n) is 2.93. The number of pyridine rings is 1. The molecule has 1 heterocycles. The van der Waals surface area contributed by atoms with E-state index < -0.39 is 0 Å². The fourth-order valence-corrected chi connectivity index (χ4v) is 2.92. The van der Waals surface area contributed by atoms with Crippen molar-refractivity contribution in [3.8, 4) is 5.75 Å². The maximum absolute atomic E-state index is 5.42. The van der Waals surface area contributed by atoms with E-state index in [2.05, 4.69) is 16.4 Å². The first kappa shape index (κ1) is 13.9. The van der Waals surface area contributed by atoms with E-state index in [1.165, 1.54) is 10.5 Å². The van der Waals surface area contributed by atoms with Gasteiger partial charge in [0.1, 0.15) is 5.75 Å². The van der Waals surface area contributed by atoms with E-state index in [-0.39, 0.29) is 6.04 Å². The van der Waals surface area contributed by atoms with E-state index in [1.54, 1.807) is 7.11 Å². The zero-order chi connectivity index (χ0) is 13.5. The van der Waals surface area contributed by atoms with Gasteiger partial charge in [0.2, 0.25) is 0 Å². The normalized spacial score (nSPS) is 12.1. The molecule has 1 N–H and O–H groups in total. The Kier molecular flexibility index (Phi) is 5.24. The molecule has 100 valence electrons. The Balaban J connectivity index is 2.08. The number of nitrogens with zero attached hydrogens (tertiary/aromatic N) is 1. The van der Waals surface area contributed by atoms with Crippen LogP contribution >= 0.6 is 11.8 Å². The van der Waals surface area contributed by atoms with Gasteiger partial charge in [-0.05, 0) is 25.2 Å². The Labute approximate surface area is 118 Å². The molecule has 1 atom stereocenters. The smallest absolute Gasteiger partial charge is 0.123 e. The summed E-state index contributed by atoms with van der Waals surface area (Å²) in [6.07, 6.45) is 3.64. The van der Waals surface area contributed by atoms with Gasteiger partial charge in [0.05, 0.1) is 7.11 Å². The number of aromatic nitrogens is 1. The minimum Gasteiger partial charge on any atom is -0.496 e. The van der Waals surface area contributed by atoms with E-state index >= 15 is 0 Å². The fourth-order valence-electron chi connectivity index (χ4n) is 1.90. The lowest BCUT2D eigenvalue weighted by Crippen LogP contribution is -2.19. The summed E-state index contributed by atoms with van der Waals surface area (Å²) in [4.78, 5) is 5.26. The van der Waals surface area contributed by atoms with Crippen LogP contribution in [0.15, 0.2) is 53.7 Å². The van der Waals surface area contributed by atoms with Gasteiger partial charge in [-0.3, -0.25) is 4.98 Å². The average Bonchev–Trinajstić information content (AvgIpc) is 2.49. The number of hydrogen-bond donors (Lipinski definition) is 1. The van der Waals surface area contributed by atoms with Crippen molar-refractivity contribution in [1.82, 2.24) is 10.3 Å². The highest BCUT2D eigenvalue weighted by atomic mass is 32.2. The van der Waals surface area contributed by atoms with E-state index in [1.807, 2.05) is 61.5 Å². The number of methoxy groups -OCH3 is 1. The van der Waals surface area contributed by atoms with Crippen molar-refractivity contribution in [2.75, 3.05) is 19.9 Å². The summed E-state index contributed by atoms with van der Waals surface area (Å²) in [6, 6.07) is 12.4. The highest BCUT2D eigenvalue weighted by Gasteiger charge is 2.14. The minimum absolute atomic E-state index is 0.259. The van der Waals surface area contributed by atoms with Crippen molar-refractivity contribution in [2.45, 2.75) is 10.9 Å². The first-order valence-electron chi connectivity index (χ1n) is 6.18. The number of hydrogen-bond acceptors (Lipinski definition) is 4. The van der Waals surface area contributed by atoms with Gasteiger partial charge in [-0.2, -0.15) is 0 Å². The SMILES string of the molecule is CNC(CSc1ccncc1)c1ccccc1OC. The summed E-state index contributed by atoms with van der Waals surface area (Å²) in [7, 11) is 3.69. The Hall–Kier alpha value is -1.52. The number of benzene rings is 1. The molecule has 0 aliphatic rings. The molecule has 19 heavy (non-hydrogen) atoms. The molecule has 2 rings (SSSR count). The largest absolute Gasteiger partial charge is 0.496 e. The van der Waals surface area contributed by atoms with Crippen molar-refractivity contribution in [1.29, 1.82) is 0 Å². The molecule has 3 nitrogen and oxygen atoms in total. The van der Waals surface area contributed by atoms with Gasteiger partial charge >= 0.3 is 0 Å². The van der Waals surface area contributed by atoms with Gasteiger partial charge in [-0.1, -0.05) is 18.2 Å². The summed E-state index contributed by atoms with van der Waals surface area (Å²) in [5.74, 6) is 1.87.